The summed E-state index contributed by atoms with van der Waals surface area (Å²) in [6, 6.07) is 10.4. The minimum Gasteiger partial charge on any atom is -0.449 e. The number of esters is 1. The van der Waals surface area contributed by atoms with E-state index in [4.69, 9.17) is 27.9 Å². The van der Waals surface area contributed by atoms with E-state index in [0.717, 1.165) is 0 Å². The van der Waals surface area contributed by atoms with Crippen LogP contribution in [-0.2, 0) is 4.74 Å². The van der Waals surface area contributed by atoms with Crippen molar-refractivity contribution in [2.45, 2.75) is 13.0 Å². The Labute approximate surface area is 167 Å². The third-order valence-corrected chi connectivity index (χ3v) is 5.61. The highest BCUT2D eigenvalue weighted by atomic mass is 35.5. The van der Waals surface area contributed by atoms with Gasteiger partial charge in [-0.3, -0.25) is 9.89 Å². The van der Waals surface area contributed by atoms with Crippen molar-refractivity contribution in [1.82, 2.24) is 19.7 Å². The summed E-state index contributed by atoms with van der Waals surface area (Å²) >= 11 is 12.2. The van der Waals surface area contributed by atoms with Gasteiger partial charge >= 0.3 is 5.97 Å². The predicted molar refractivity (Wildman–Crippen MR) is 104 cm³/mol. The van der Waals surface area contributed by atoms with Crippen LogP contribution >= 0.6 is 23.2 Å². The van der Waals surface area contributed by atoms with Crippen molar-refractivity contribution in [3.63, 3.8) is 0 Å². The number of benzene rings is 2. The quantitative estimate of drug-likeness (QED) is 0.486. The summed E-state index contributed by atoms with van der Waals surface area (Å²) in [5.41, 5.74) is 2.79. The number of nitrogens with one attached hydrogen (secondary N) is 2. The second-order valence-electron chi connectivity index (χ2n) is 6.48. The Morgan fingerprint density at radius 2 is 1.93 bits per heavy atom. The number of nitrogens with zero attached hydrogens (tertiary/aromatic N) is 2. The topological polar surface area (TPSA) is 92.8 Å². The zero-order chi connectivity index (χ0) is 19.6. The molecule has 28 heavy (non-hydrogen) atoms. The van der Waals surface area contributed by atoms with Gasteiger partial charge in [-0.05, 0) is 25.1 Å². The Hall–Kier alpha value is -3.03. The van der Waals surface area contributed by atoms with Gasteiger partial charge in [-0.25, -0.2) is 9.78 Å². The van der Waals surface area contributed by atoms with Crippen molar-refractivity contribution < 1.29 is 9.53 Å². The maximum Gasteiger partial charge on any atom is 0.339 e. The van der Waals surface area contributed by atoms with Crippen molar-refractivity contribution >= 4 is 40.2 Å². The molecule has 3 heterocycles. The number of cyclic esters (lactones) is 1. The summed E-state index contributed by atoms with van der Waals surface area (Å²) < 4.78 is 6.75. The van der Waals surface area contributed by atoms with Gasteiger partial charge in [0.2, 0.25) is 5.95 Å². The number of imidazole rings is 1. The van der Waals surface area contributed by atoms with Crippen LogP contribution in [0, 0.1) is 6.92 Å². The summed E-state index contributed by atoms with van der Waals surface area (Å²) in [6.07, 6.45) is -0.767. The lowest BCUT2D eigenvalue weighted by Crippen LogP contribution is -2.21. The molecule has 2 N–H and O–H groups in total. The maximum absolute atomic E-state index is 13.1. The molecule has 0 bridgehead atoms. The van der Waals surface area contributed by atoms with E-state index in [-0.39, 0.29) is 11.5 Å². The fourth-order valence-electron chi connectivity index (χ4n) is 3.49. The normalized spacial score (nSPS) is 15.8. The second-order valence-corrected chi connectivity index (χ2v) is 7.27. The van der Waals surface area contributed by atoms with Crippen LogP contribution in [0.1, 0.15) is 33.3 Å². The first-order valence-electron chi connectivity index (χ1n) is 8.41. The number of fused-ring (bicyclic) bond motifs is 2. The first kappa shape index (κ1) is 17.1. The van der Waals surface area contributed by atoms with E-state index in [0.29, 0.717) is 43.5 Å². The van der Waals surface area contributed by atoms with E-state index < -0.39 is 12.1 Å². The number of hydrogen-bond donors (Lipinski definition) is 2. The average Bonchev–Trinajstić information content (AvgIpc) is 3.33. The molecule has 1 aliphatic heterocycles. The van der Waals surface area contributed by atoms with E-state index >= 15 is 0 Å². The van der Waals surface area contributed by atoms with Crippen molar-refractivity contribution in [2.75, 3.05) is 0 Å². The molecule has 0 spiro atoms. The summed E-state index contributed by atoms with van der Waals surface area (Å²) in [5.74, 6) is -0.187. The SMILES string of the molecule is Cc1[nH]n(-c2nc3c(Cl)c(Cl)ccc3[nH]2)c(=O)c1C1OC(=O)c2ccccc21. The number of hydrogen-bond acceptors (Lipinski definition) is 4. The summed E-state index contributed by atoms with van der Waals surface area (Å²) in [7, 11) is 0. The van der Waals surface area contributed by atoms with Crippen LogP contribution in [0.3, 0.4) is 0 Å². The highest BCUT2D eigenvalue weighted by Crippen LogP contribution is 2.35. The fourth-order valence-corrected chi connectivity index (χ4v) is 3.85. The third kappa shape index (κ3) is 2.33. The number of ether oxygens (including phenoxy) is 1. The molecule has 1 aliphatic rings. The Balaban J connectivity index is 1.67. The number of H-pyrrole nitrogens is 2. The number of carbonyl (C=O) groups excluding carboxylic acids is 1. The standard InChI is InChI=1S/C19H12Cl2N4O3/c1-8-13(16-9-4-2-3-5-10(9)18(27)28-16)17(26)25(24-8)19-22-12-7-6-11(20)14(21)15(12)23-19/h2-7,16,24H,1H3,(H,22,23). The fraction of sp³-hybridized carbons (Fsp3) is 0.105. The minimum absolute atomic E-state index is 0.260. The van der Waals surface area contributed by atoms with Crippen molar-refractivity contribution in [3.05, 3.63) is 79.2 Å². The third-order valence-electron chi connectivity index (χ3n) is 4.81. The lowest BCUT2D eigenvalue weighted by atomic mass is 10.00. The lowest BCUT2D eigenvalue weighted by Gasteiger charge is -2.08. The molecule has 140 valence electrons. The van der Waals surface area contributed by atoms with E-state index in [2.05, 4.69) is 15.1 Å². The molecule has 0 fully saturated rings. The molecule has 1 unspecified atom stereocenters. The first-order chi connectivity index (χ1) is 13.5. The molecule has 2 aromatic carbocycles. The zero-order valence-corrected chi connectivity index (χ0v) is 15.9. The Kier molecular flexibility index (Phi) is 3.65. The van der Waals surface area contributed by atoms with E-state index in [1.165, 1.54) is 4.68 Å². The number of rotatable bonds is 2. The van der Waals surface area contributed by atoms with Crippen LogP contribution in [0.15, 0.2) is 41.2 Å². The number of halogens is 2. The van der Waals surface area contributed by atoms with Gasteiger partial charge in [0, 0.05) is 11.3 Å². The predicted octanol–water partition coefficient (Wildman–Crippen LogP) is 3.92. The van der Waals surface area contributed by atoms with Crippen molar-refractivity contribution in [2.24, 2.45) is 0 Å². The Morgan fingerprint density at radius 3 is 2.75 bits per heavy atom. The molecule has 0 amide bonds. The van der Waals surface area contributed by atoms with Gasteiger partial charge in [-0.1, -0.05) is 41.4 Å². The molecule has 0 radical (unpaired) electrons. The molecule has 9 heteroatoms. The molecule has 1 atom stereocenters. The van der Waals surface area contributed by atoms with Crippen LogP contribution in [-0.4, -0.2) is 25.7 Å². The van der Waals surface area contributed by atoms with Gasteiger partial charge < -0.3 is 9.72 Å². The summed E-state index contributed by atoms with van der Waals surface area (Å²) in [5, 5.41) is 3.67. The zero-order valence-electron chi connectivity index (χ0n) is 14.4. The number of aryl methyl sites for hydroxylation is 1. The molecule has 0 aliphatic carbocycles. The minimum atomic E-state index is -0.767. The number of aromatic amines is 2. The maximum atomic E-state index is 13.1. The van der Waals surface area contributed by atoms with Crippen LogP contribution in [0.5, 0.6) is 0 Å². The molecule has 7 nitrogen and oxygen atoms in total. The van der Waals surface area contributed by atoms with E-state index in [1.807, 2.05) is 0 Å². The largest absolute Gasteiger partial charge is 0.449 e. The van der Waals surface area contributed by atoms with Gasteiger partial charge in [0.15, 0.2) is 6.10 Å². The molecule has 2 aromatic heterocycles. The summed E-state index contributed by atoms with van der Waals surface area (Å²) in [4.78, 5) is 32.7. The van der Waals surface area contributed by atoms with E-state index in [9.17, 15) is 9.59 Å². The average molecular weight is 415 g/mol. The van der Waals surface area contributed by atoms with Crippen LogP contribution in [0.2, 0.25) is 10.0 Å². The van der Waals surface area contributed by atoms with Gasteiger partial charge in [0.25, 0.3) is 5.56 Å². The molecular formula is C19H12Cl2N4O3. The van der Waals surface area contributed by atoms with Gasteiger partial charge in [0.05, 0.1) is 26.7 Å². The molecule has 5 rings (SSSR count). The second kappa shape index (κ2) is 5.98. The van der Waals surface area contributed by atoms with Crippen molar-refractivity contribution in [1.29, 1.82) is 0 Å². The summed E-state index contributed by atoms with van der Waals surface area (Å²) in [6.45, 7) is 1.74. The highest BCUT2D eigenvalue weighted by molar-refractivity contribution is 6.44. The molecule has 4 aromatic rings. The Bertz CT molecular complexity index is 1330. The van der Waals surface area contributed by atoms with Crippen LogP contribution < -0.4 is 5.56 Å². The Morgan fingerprint density at radius 1 is 1.14 bits per heavy atom. The number of aromatic nitrogens is 4. The highest BCUT2D eigenvalue weighted by Gasteiger charge is 2.36. The van der Waals surface area contributed by atoms with Gasteiger partial charge in [-0.2, -0.15) is 4.68 Å². The number of carbonyl (C=O) groups is 1. The first-order valence-corrected chi connectivity index (χ1v) is 9.17. The molecule has 0 saturated carbocycles. The van der Waals surface area contributed by atoms with Crippen LogP contribution in [0.4, 0.5) is 0 Å². The molecule has 0 saturated heterocycles. The molecular weight excluding hydrogens is 403 g/mol. The monoisotopic (exact) mass is 414 g/mol. The lowest BCUT2D eigenvalue weighted by molar-refractivity contribution is 0.0453. The van der Waals surface area contributed by atoms with Crippen LogP contribution in [0.25, 0.3) is 17.0 Å². The smallest absolute Gasteiger partial charge is 0.339 e. The van der Waals surface area contributed by atoms with E-state index in [1.54, 1.807) is 43.3 Å². The van der Waals surface area contributed by atoms with Gasteiger partial charge in [-0.15, -0.1) is 0 Å². The van der Waals surface area contributed by atoms with Crippen molar-refractivity contribution in [3.8, 4) is 5.95 Å². The van der Waals surface area contributed by atoms with Gasteiger partial charge in [0.1, 0.15) is 5.52 Å².